The van der Waals surface area contributed by atoms with E-state index in [0.29, 0.717) is 17.7 Å². The van der Waals surface area contributed by atoms with Crippen molar-refractivity contribution in [1.82, 2.24) is 15.5 Å². The SMILES string of the molecule is C=C(Nc1n[nH]c2c1C(N)=NCCC2)NC1Cc2ccccc2C1. The zero-order chi connectivity index (χ0) is 16.5. The molecule has 1 aliphatic carbocycles. The average Bonchev–Trinajstić information content (AvgIpc) is 3.09. The molecule has 0 amide bonds. The van der Waals surface area contributed by atoms with E-state index in [1.54, 1.807) is 0 Å². The molecular weight excluding hydrogens is 300 g/mol. The van der Waals surface area contributed by atoms with Crippen LogP contribution in [-0.2, 0) is 19.3 Å². The van der Waals surface area contributed by atoms with Crippen molar-refractivity contribution in [3.63, 3.8) is 0 Å². The van der Waals surface area contributed by atoms with Gasteiger partial charge in [0, 0.05) is 18.3 Å². The minimum Gasteiger partial charge on any atom is -0.383 e. The van der Waals surface area contributed by atoms with Crippen molar-refractivity contribution in [2.75, 3.05) is 11.9 Å². The van der Waals surface area contributed by atoms with Gasteiger partial charge in [-0.3, -0.25) is 10.1 Å². The smallest absolute Gasteiger partial charge is 0.164 e. The maximum absolute atomic E-state index is 6.09. The van der Waals surface area contributed by atoms with Gasteiger partial charge in [0.15, 0.2) is 5.82 Å². The predicted octanol–water partition coefficient (Wildman–Crippen LogP) is 1.70. The van der Waals surface area contributed by atoms with Crippen molar-refractivity contribution in [3.05, 3.63) is 59.0 Å². The number of aromatic amines is 1. The van der Waals surface area contributed by atoms with Crippen LogP contribution >= 0.6 is 0 Å². The predicted molar refractivity (Wildman–Crippen MR) is 96.0 cm³/mol. The molecule has 4 rings (SSSR count). The van der Waals surface area contributed by atoms with Crippen molar-refractivity contribution in [1.29, 1.82) is 0 Å². The summed E-state index contributed by atoms with van der Waals surface area (Å²) in [6.07, 6.45) is 3.92. The number of aliphatic imine (C=N–C) groups is 1. The Morgan fingerprint density at radius 3 is 2.75 bits per heavy atom. The third-order valence-electron chi connectivity index (χ3n) is 4.66. The summed E-state index contributed by atoms with van der Waals surface area (Å²) in [5.74, 6) is 1.97. The lowest BCUT2D eigenvalue weighted by molar-refractivity contribution is 0.599. The number of aryl methyl sites for hydroxylation is 1. The lowest BCUT2D eigenvalue weighted by atomic mass is 10.1. The van der Waals surface area contributed by atoms with Gasteiger partial charge < -0.3 is 16.4 Å². The molecule has 24 heavy (non-hydrogen) atoms. The molecule has 0 saturated heterocycles. The molecule has 0 spiro atoms. The molecule has 5 N–H and O–H groups in total. The van der Waals surface area contributed by atoms with Crippen molar-refractivity contribution < 1.29 is 0 Å². The number of anilines is 1. The van der Waals surface area contributed by atoms with E-state index in [4.69, 9.17) is 5.73 Å². The summed E-state index contributed by atoms with van der Waals surface area (Å²) >= 11 is 0. The molecule has 1 aromatic heterocycles. The third-order valence-corrected chi connectivity index (χ3v) is 4.66. The van der Waals surface area contributed by atoms with Crippen molar-refractivity contribution in [2.24, 2.45) is 10.7 Å². The molecule has 0 saturated carbocycles. The van der Waals surface area contributed by atoms with Crippen LogP contribution in [0.25, 0.3) is 0 Å². The summed E-state index contributed by atoms with van der Waals surface area (Å²) in [6, 6.07) is 8.92. The Hall–Kier alpha value is -2.76. The van der Waals surface area contributed by atoms with E-state index in [1.807, 2.05) is 0 Å². The van der Waals surface area contributed by atoms with E-state index in [2.05, 4.69) is 56.7 Å². The molecule has 1 aromatic carbocycles. The maximum atomic E-state index is 6.09. The van der Waals surface area contributed by atoms with Crippen LogP contribution in [0, 0.1) is 0 Å². The lowest BCUT2D eigenvalue weighted by Gasteiger charge is -2.17. The van der Waals surface area contributed by atoms with E-state index in [0.717, 1.165) is 49.3 Å². The molecule has 124 valence electrons. The maximum Gasteiger partial charge on any atom is 0.164 e. The number of rotatable bonds is 4. The van der Waals surface area contributed by atoms with E-state index in [1.165, 1.54) is 11.1 Å². The highest BCUT2D eigenvalue weighted by molar-refractivity contribution is 6.03. The van der Waals surface area contributed by atoms with E-state index in [-0.39, 0.29) is 0 Å². The molecule has 2 heterocycles. The number of benzene rings is 1. The first-order valence-corrected chi connectivity index (χ1v) is 8.37. The Bertz CT molecular complexity index is 779. The number of hydrogen-bond donors (Lipinski definition) is 4. The second-order valence-electron chi connectivity index (χ2n) is 6.42. The number of fused-ring (bicyclic) bond motifs is 2. The van der Waals surface area contributed by atoms with Crippen molar-refractivity contribution in [2.45, 2.75) is 31.7 Å². The van der Waals surface area contributed by atoms with E-state index in [9.17, 15) is 0 Å². The Morgan fingerprint density at radius 2 is 2.00 bits per heavy atom. The topological polar surface area (TPSA) is 91.1 Å². The fourth-order valence-corrected chi connectivity index (χ4v) is 3.55. The van der Waals surface area contributed by atoms with Crippen LogP contribution < -0.4 is 16.4 Å². The number of aromatic nitrogens is 2. The van der Waals surface area contributed by atoms with Gasteiger partial charge in [-0.2, -0.15) is 5.10 Å². The minimum atomic E-state index is 0.353. The Balaban J connectivity index is 1.44. The van der Waals surface area contributed by atoms with Gasteiger partial charge in [0.2, 0.25) is 0 Å². The van der Waals surface area contributed by atoms with Gasteiger partial charge in [-0.05, 0) is 36.8 Å². The van der Waals surface area contributed by atoms with Gasteiger partial charge in [0.25, 0.3) is 0 Å². The lowest BCUT2D eigenvalue weighted by Crippen LogP contribution is -2.32. The van der Waals surface area contributed by atoms with Crippen LogP contribution in [0.2, 0.25) is 0 Å². The number of nitrogens with zero attached hydrogens (tertiary/aromatic N) is 2. The molecule has 0 unspecified atom stereocenters. The number of amidine groups is 1. The quantitative estimate of drug-likeness (QED) is 0.689. The summed E-state index contributed by atoms with van der Waals surface area (Å²) in [6.45, 7) is 4.85. The fraction of sp³-hybridized carbons (Fsp3) is 0.333. The first-order valence-electron chi connectivity index (χ1n) is 8.37. The van der Waals surface area contributed by atoms with Gasteiger partial charge in [-0.25, -0.2) is 0 Å². The summed E-state index contributed by atoms with van der Waals surface area (Å²) in [5.41, 5.74) is 10.8. The Kier molecular flexibility index (Phi) is 3.72. The highest BCUT2D eigenvalue weighted by Crippen LogP contribution is 2.24. The zero-order valence-electron chi connectivity index (χ0n) is 13.6. The minimum absolute atomic E-state index is 0.353. The highest BCUT2D eigenvalue weighted by atomic mass is 15.2. The normalized spacial score (nSPS) is 16.8. The van der Waals surface area contributed by atoms with Crippen LogP contribution in [-0.4, -0.2) is 28.6 Å². The molecule has 6 nitrogen and oxygen atoms in total. The van der Waals surface area contributed by atoms with Gasteiger partial charge >= 0.3 is 0 Å². The standard InChI is InChI=1S/C18H22N6/c1-11(21-14-9-12-5-2-3-6-13(12)10-14)22-18-16-15(23-24-18)7-4-8-20-17(16)19/h2-3,5-6,14,21H,1,4,7-10H2,(H2,19,20)(H2,22,23,24). The van der Waals surface area contributed by atoms with E-state index < -0.39 is 0 Å². The molecule has 0 radical (unpaired) electrons. The Morgan fingerprint density at radius 1 is 1.25 bits per heavy atom. The molecule has 2 aliphatic rings. The molecule has 1 aliphatic heterocycles. The molecule has 0 fully saturated rings. The van der Waals surface area contributed by atoms with Crippen LogP contribution in [0.1, 0.15) is 28.8 Å². The van der Waals surface area contributed by atoms with Crippen LogP contribution in [0.5, 0.6) is 0 Å². The van der Waals surface area contributed by atoms with Gasteiger partial charge in [0.05, 0.1) is 11.4 Å². The molecular formula is C18H22N6. The number of hydrogen-bond acceptors (Lipinski definition) is 5. The third kappa shape index (κ3) is 2.75. The second kappa shape index (κ2) is 6.03. The van der Waals surface area contributed by atoms with Crippen LogP contribution in [0.15, 0.2) is 41.7 Å². The first kappa shape index (κ1) is 14.8. The average molecular weight is 322 g/mol. The van der Waals surface area contributed by atoms with Crippen LogP contribution in [0.3, 0.4) is 0 Å². The van der Waals surface area contributed by atoms with Gasteiger partial charge in [-0.1, -0.05) is 30.8 Å². The summed E-state index contributed by atoms with van der Waals surface area (Å²) < 4.78 is 0. The van der Waals surface area contributed by atoms with Crippen molar-refractivity contribution >= 4 is 11.7 Å². The number of H-pyrrole nitrogens is 1. The monoisotopic (exact) mass is 322 g/mol. The summed E-state index contributed by atoms with van der Waals surface area (Å²) in [7, 11) is 0. The number of nitrogens with one attached hydrogen (secondary N) is 3. The second-order valence-corrected chi connectivity index (χ2v) is 6.42. The highest BCUT2D eigenvalue weighted by Gasteiger charge is 2.22. The first-order chi connectivity index (χ1) is 11.7. The summed E-state index contributed by atoms with van der Waals surface area (Å²) in [5, 5.41) is 14.1. The molecule has 6 heteroatoms. The molecule has 2 aromatic rings. The van der Waals surface area contributed by atoms with E-state index >= 15 is 0 Å². The largest absolute Gasteiger partial charge is 0.383 e. The Labute approximate surface area is 141 Å². The van der Waals surface area contributed by atoms with Crippen LogP contribution in [0.4, 0.5) is 5.82 Å². The van der Waals surface area contributed by atoms with Gasteiger partial charge in [-0.15, -0.1) is 0 Å². The van der Waals surface area contributed by atoms with Crippen molar-refractivity contribution in [3.8, 4) is 0 Å². The molecule has 0 atom stereocenters. The number of nitrogens with two attached hydrogens (primary N) is 1. The fourth-order valence-electron chi connectivity index (χ4n) is 3.55. The zero-order valence-corrected chi connectivity index (χ0v) is 13.6. The van der Waals surface area contributed by atoms with Gasteiger partial charge in [0.1, 0.15) is 5.84 Å². The molecule has 0 bridgehead atoms. The summed E-state index contributed by atoms with van der Waals surface area (Å²) in [4.78, 5) is 4.38.